The monoisotopic (exact) mass is 298 g/mol. The summed E-state index contributed by atoms with van der Waals surface area (Å²) in [5.41, 5.74) is 1.10. The molecule has 0 saturated carbocycles. The Hall–Kier alpha value is -0.910. The van der Waals surface area contributed by atoms with Crippen LogP contribution in [0.25, 0.3) is 0 Å². The van der Waals surface area contributed by atoms with E-state index in [-0.39, 0.29) is 0 Å². The summed E-state index contributed by atoms with van der Waals surface area (Å²) in [7, 11) is -3.09. The van der Waals surface area contributed by atoms with Crippen molar-refractivity contribution in [1.29, 1.82) is 0 Å². The first-order valence-corrected chi connectivity index (χ1v) is 8.99. The zero-order chi connectivity index (χ0) is 15.0. The molecule has 20 heavy (non-hydrogen) atoms. The van der Waals surface area contributed by atoms with E-state index in [0.717, 1.165) is 38.2 Å². The Labute approximate surface area is 122 Å². The van der Waals surface area contributed by atoms with E-state index >= 15 is 0 Å². The van der Waals surface area contributed by atoms with Gasteiger partial charge >= 0.3 is 0 Å². The van der Waals surface area contributed by atoms with Crippen molar-refractivity contribution in [2.75, 3.05) is 25.9 Å². The second-order valence-electron chi connectivity index (χ2n) is 5.54. The van der Waals surface area contributed by atoms with Gasteiger partial charge in [0, 0.05) is 12.8 Å². The average molecular weight is 298 g/mol. The number of nitrogens with one attached hydrogen (secondary N) is 2. The van der Waals surface area contributed by atoms with E-state index < -0.39 is 9.84 Å². The normalized spacial score (nSPS) is 12.0. The Morgan fingerprint density at radius 1 is 1.05 bits per heavy atom. The highest BCUT2D eigenvalue weighted by atomic mass is 32.2. The van der Waals surface area contributed by atoms with Gasteiger partial charge in [-0.2, -0.15) is 0 Å². The van der Waals surface area contributed by atoms with Gasteiger partial charge in [-0.05, 0) is 49.7 Å². The minimum Gasteiger partial charge on any atom is -0.316 e. The first-order chi connectivity index (χ1) is 9.39. The van der Waals surface area contributed by atoms with E-state index in [9.17, 15) is 8.42 Å². The maximum atomic E-state index is 11.3. The number of hydrogen-bond acceptors (Lipinski definition) is 4. The van der Waals surface area contributed by atoms with E-state index in [1.165, 1.54) is 6.26 Å². The Bertz CT molecular complexity index is 481. The molecule has 0 radical (unpaired) electrons. The molecule has 0 spiro atoms. The molecule has 4 nitrogen and oxygen atoms in total. The predicted molar refractivity (Wildman–Crippen MR) is 83.6 cm³/mol. The fourth-order valence-electron chi connectivity index (χ4n) is 1.82. The lowest BCUT2D eigenvalue weighted by Gasteiger charge is -2.08. The fourth-order valence-corrected chi connectivity index (χ4v) is 2.45. The lowest BCUT2D eigenvalue weighted by molar-refractivity contribution is 0.530. The van der Waals surface area contributed by atoms with Gasteiger partial charge in [-0.1, -0.05) is 26.0 Å². The lowest BCUT2D eigenvalue weighted by Crippen LogP contribution is -2.24. The number of rotatable bonds is 9. The van der Waals surface area contributed by atoms with Gasteiger partial charge in [-0.15, -0.1) is 0 Å². The summed E-state index contributed by atoms with van der Waals surface area (Å²) in [4.78, 5) is 0.374. The second-order valence-corrected chi connectivity index (χ2v) is 7.56. The molecule has 1 rings (SSSR count). The SMILES string of the molecule is CC(C)CNCCCNCc1ccc(S(C)(=O)=O)cc1. The predicted octanol–water partition coefficient (Wildman–Crippen LogP) is 1.82. The van der Waals surface area contributed by atoms with Crippen LogP contribution in [0.3, 0.4) is 0 Å². The third-order valence-electron chi connectivity index (χ3n) is 2.94. The van der Waals surface area contributed by atoms with Gasteiger partial charge in [0.1, 0.15) is 0 Å². The van der Waals surface area contributed by atoms with Crippen molar-refractivity contribution in [3.8, 4) is 0 Å². The van der Waals surface area contributed by atoms with Gasteiger partial charge in [0.05, 0.1) is 4.90 Å². The van der Waals surface area contributed by atoms with Gasteiger partial charge in [0.15, 0.2) is 9.84 Å². The van der Waals surface area contributed by atoms with Crippen molar-refractivity contribution in [2.24, 2.45) is 5.92 Å². The molecule has 2 N–H and O–H groups in total. The van der Waals surface area contributed by atoms with Gasteiger partial charge in [0.2, 0.25) is 0 Å². The van der Waals surface area contributed by atoms with Crippen LogP contribution in [0.5, 0.6) is 0 Å². The highest BCUT2D eigenvalue weighted by Crippen LogP contribution is 2.09. The van der Waals surface area contributed by atoms with Crippen LogP contribution in [0.2, 0.25) is 0 Å². The van der Waals surface area contributed by atoms with Crippen LogP contribution in [-0.4, -0.2) is 34.3 Å². The molecule has 0 aliphatic carbocycles. The van der Waals surface area contributed by atoms with Gasteiger partial charge in [0.25, 0.3) is 0 Å². The molecule has 0 saturated heterocycles. The highest BCUT2D eigenvalue weighted by Gasteiger charge is 2.05. The maximum Gasteiger partial charge on any atom is 0.175 e. The Morgan fingerprint density at radius 2 is 1.65 bits per heavy atom. The molecule has 1 aromatic carbocycles. The standard InChI is InChI=1S/C15H26N2O2S/c1-13(2)11-16-9-4-10-17-12-14-5-7-15(8-6-14)20(3,18)19/h5-8,13,16-17H,4,9-12H2,1-3H3. The quantitative estimate of drug-likeness (QED) is 0.683. The van der Waals surface area contributed by atoms with Crippen molar-refractivity contribution >= 4 is 9.84 Å². The smallest absolute Gasteiger partial charge is 0.175 e. The number of hydrogen-bond donors (Lipinski definition) is 2. The van der Waals surface area contributed by atoms with Crippen LogP contribution in [0.4, 0.5) is 0 Å². The Kier molecular flexibility index (Phi) is 7.19. The minimum absolute atomic E-state index is 0.374. The highest BCUT2D eigenvalue weighted by molar-refractivity contribution is 7.90. The van der Waals surface area contributed by atoms with E-state index in [0.29, 0.717) is 10.8 Å². The fraction of sp³-hybridized carbons (Fsp3) is 0.600. The zero-order valence-corrected chi connectivity index (χ0v) is 13.5. The van der Waals surface area contributed by atoms with E-state index in [2.05, 4.69) is 24.5 Å². The van der Waals surface area contributed by atoms with Crippen LogP contribution in [0, 0.1) is 5.92 Å². The first kappa shape index (κ1) is 17.1. The lowest BCUT2D eigenvalue weighted by atomic mass is 10.2. The van der Waals surface area contributed by atoms with Gasteiger partial charge < -0.3 is 10.6 Å². The van der Waals surface area contributed by atoms with Crippen LogP contribution in [-0.2, 0) is 16.4 Å². The molecule has 0 aliphatic rings. The van der Waals surface area contributed by atoms with Crippen LogP contribution < -0.4 is 10.6 Å². The van der Waals surface area contributed by atoms with E-state index in [4.69, 9.17) is 0 Å². The molecule has 0 amide bonds. The van der Waals surface area contributed by atoms with Crippen molar-refractivity contribution in [3.63, 3.8) is 0 Å². The zero-order valence-electron chi connectivity index (χ0n) is 12.6. The van der Waals surface area contributed by atoms with Gasteiger partial charge in [-0.3, -0.25) is 0 Å². The van der Waals surface area contributed by atoms with E-state index in [1.807, 2.05) is 12.1 Å². The largest absolute Gasteiger partial charge is 0.316 e. The molecular formula is C15H26N2O2S. The summed E-state index contributed by atoms with van der Waals surface area (Å²) in [6.45, 7) is 8.22. The molecule has 0 bridgehead atoms. The van der Waals surface area contributed by atoms with Crippen molar-refractivity contribution in [3.05, 3.63) is 29.8 Å². The van der Waals surface area contributed by atoms with Crippen LogP contribution in [0.1, 0.15) is 25.8 Å². The second kappa shape index (κ2) is 8.39. The Balaban J connectivity index is 2.20. The average Bonchev–Trinajstić information content (AvgIpc) is 2.37. The molecule has 0 aromatic heterocycles. The van der Waals surface area contributed by atoms with Crippen molar-refractivity contribution in [1.82, 2.24) is 10.6 Å². The summed E-state index contributed by atoms with van der Waals surface area (Å²) in [6, 6.07) is 7.05. The third-order valence-corrected chi connectivity index (χ3v) is 4.07. The third kappa shape index (κ3) is 7.03. The molecule has 0 heterocycles. The van der Waals surface area contributed by atoms with Crippen LogP contribution in [0.15, 0.2) is 29.2 Å². The number of sulfone groups is 1. The molecule has 0 aliphatic heterocycles. The van der Waals surface area contributed by atoms with Crippen LogP contribution >= 0.6 is 0 Å². The number of benzene rings is 1. The molecule has 0 fully saturated rings. The molecule has 114 valence electrons. The van der Waals surface area contributed by atoms with Gasteiger partial charge in [-0.25, -0.2) is 8.42 Å². The summed E-state index contributed by atoms with van der Waals surface area (Å²) < 4.78 is 22.7. The molecule has 0 unspecified atom stereocenters. The molecule has 1 aromatic rings. The van der Waals surface area contributed by atoms with E-state index in [1.54, 1.807) is 12.1 Å². The summed E-state index contributed by atoms with van der Waals surface area (Å²) in [5, 5.41) is 6.76. The molecule has 0 atom stereocenters. The first-order valence-electron chi connectivity index (χ1n) is 7.10. The summed E-state index contributed by atoms with van der Waals surface area (Å²) >= 11 is 0. The molecule has 5 heteroatoms. The van der Waals surface area contributed by atoms with Crippen molar-refractivity contribution < 1.29 is 8.42 Å². The maximum absolute atomic E-state index is 11.3. The van der Waals surface area contributed by atoms with Crippen molar-refractivity contribution in [2.45, 2.75) is 31.7 Å². The summed E-state index contributed by atoms with van der Waals surface area (Å²) in [5.74, 6) is 0.691. The summed E-state index contributed by atoms with van der Waals surface area (Å²) in [6.07, 6.45) is 2.32. The topological polar surface area (TPSA) is 58.2 Å². The Morgan fingerprint density at radius 3 is 2.20 bits per heavy atom. The minimum atomic E-state index is -3.09. The molecular weight excluding hydrogens is 272 g/mol.